The second kappa shape index (κ2) is 9.17. The molecule has 0 aliphatic rings. The van der Waals surface area contributed by atoms with Crippen molar-refractivity contribution in [1.29, 1.82) is 0 Å². The van der Waals surface area contributed by atoms with Crippen molar-refractivity contribution in [2.45, 2.75) is 20.0 Å². The maximum atomic E-state index is 15.9. The fourth-order valence-corrected chi connectivity index (χ4v) is 3.53. The minimum Gasteiger partial charge on any atom is -0.330 e. The van der Waals surface area contributed by atoms with E-state index in [4.69, 9.17) is 5.73 Å². The number of hydrogen-bond acceptors (Lipinski definition) is 6. The van der Waals surface area contributed by atoms with Crippen molar-refractivity contribution in [1.82, 2.24) is 25.3 Å². The number of pyridine rings is 2. The monoisotopic (exact) mass is 446 g/mol. The molecule has 1 atom stereocenters. The highest BCUT2D eigenvalue weighted by Crippen LogP contribution is 2.36. The van der Waals surface area contributed by atoms with E-state index in [-0.39, 0.29) is 17.0 Å². The van der Waals surface area contributed by atoms with Gasteiger partial charge in [0.2, 0.25) is 0 Å². The summed E-state index contributed by atoms with van der Waals surface area (Å²) in [6.45, 7) is 3.67. The van der Waals surface area contributed by atoms with Gasteiger partial charge in [-0.25, -0.2) is 13.8 Å². The summed E-state index contributed by atoms with van der Waals surface area (Å²) in [6, 6.07) is 9.07. The number of aryl methyl sites for hydroxylation is 2. The third kappa shape index (κ3) is 4.73. The van der Waals surface area contributed by atoms with Crippen molar-refractivity contribution in [3.63, 3.8) is 0 Å². The van der Waals surface area contributed by atoms with E-state index in [0.29, 0.717) is 16.7 Å². The van der Waals surface area contributed by atoms with Gasteiger partial charge in [0.15, 0.2) is 5.82 Å². The number of carbonyl (C=O) groups excluding carboxylic acids is 1. The standard InChI is InChI=1S/C24H20F2N6O/c1-13-9-16(10-14(2)31-13)18-11-30-22(21(26)20(18)15-3-5-17(25)6-4-15)23(27)32-24(33)19-12-28-7-8-29-19/h3-12,23H,27H2,1-2H3,(H,32,33). The third-order valence-corrected chi connectivity index (χ3v) is 4.95. The molecular formula is C24H20F2N6O. The van der Waals surface area contributed by atoms with Crippen LogP contribution in [0.2, 0.25) is 0 Å². The molecule has 1 amide bonds. The lowest BCUT2D eigenvalue weighted by atomic mass is 9.94. The Labute approximate surface area is 188 Å². The van der Waals surface area contributed by atoms with Gasteiger partial charge in [0.05, 0.1) is 6.20 Å². The van der Waals surface area contributed by atoms with Crippen LogP contribution in [0.3, 0.4) is 0 Å². The lowest BCUT2D eigenvalue weighted by Gasteiger charge is -2.18. The molecule has 0 aliphatic heterocycles. The van der Waals surface area contributed by atoms with E-state index in [9.17, 15) is 9.18 Å². The molecule has 3 heterocycles. The van der Waals surface area contributed by atoms with E-state index in [1.54, 1.807) is 0 Å². The Balaban J connectivity index is 1.81. The molecule has 0 fully saturated rings. The Morgan fingerprint density at radius 3 is 2.30 bits per heavy atom. The van der Waals surface area contributed by atoms with Gasteiger partial charge in [-0.15, -0.1) is 0 Å². The van der Waals surface area contributed by atoms with Crippen LogP contribution in [0, 0.1) is 25.5 Å². The SMILES string of the molecule is Cc1cc(-c2cnc(C(N)NC(=O)c3cnccn3)c(F)c2-c2ccc(F)cc2)cc(C)n1. The molecule has 0 saturated heterocycles. The minimum atomic E-state index is -1.26. The highest BCUT2D eigenvalue weighted by atomic mass is 19.1. The topological polar surface area (TPSA) is 107 Å². The van der Waals surface area contributed by atoms with Gasteiger partial charge in [-0.05, 0) is 49.2 Å². The van der Waals surface area contributed by atoms with Crippen molar-refractivity contribution in [2.24, 2.45) is 5.73 Å². The molecule has 0 saturated carbocycles. The number of carbonyl (C=O) groups is 1. The Bertz CT molecular complexity index is 1290. The molecule has 33 heavy (non-hydrogen) atoms. The molecule has 166 valence electrons. The van der Waals surface area contributed by atoms with Gasteiger partial charge in [-0.1, -0.05) is 12.1 Å². The lowest BCUT2D eigenvalue weighted by Crippen LogP contribution is -2.36. The molecule has 7 nitrogen and oxygen atoms in total. The average molecular weight is 446 g/mol. The Morgan fingerprint density at radius 2 is 1.67 bits per heavy atom. The van der Waals surface area contributed by atoms with Gasteiger partial charge in [-0.3, -0.25) is 19.7 Å². The normalized spacial score (nSPS) is 11.8. The first kappa shape index (κ1) is 22.1. The number of hydrogen-bond donors (Lipinski definition) is 2. The number of aromatic nitrogens is 4. The smallest absolute Gasteiger partial charge is 0.273 e. The first-order valence-corrected chi connectivity index (χ1v) is 10.1. The van der Waals surface area contributed by atoms with Gasteiger partial charge in [0.25, 0.3) is 5.91 Å². The summed E-state index contributed by atoms with van der Waals surface area (Å²) in [7, 11) is 0. The van der Waals surface area contributed by atoms with E-state index < -0.39 is 23.7 Å². The third-order valence-electron chi connectivity index (χ3n) is 4.95. The Morgan fingerprint density at radius 1 is 0.970 bits per heavy atom. The van der Waals surface area contributed by atoms with E-state index >= 15 is 4.39 Å². The zero-order chi connectivity index (χ0) is 23.5. The van der Waals surface area contributed by atoms with Crippen molar-refractivity contribution in [2.75, 3.05) is 0 Å². The fourth-order valence-electron chi connectivity index (χ4n) is 3.53. The van der Waals surface area contributed by atoms with Crippen molar-refractivity contribution in [3.05, 3.63) is 95.6 Å². The van der Waals surface area contributed by atoms with Crippen LogP contribution in [0.5, 0.6) is 0 Å². The quantitative estimate of drug-likeness (QED) is 0.451. The van der Waals surface area contributed by atoms with Crippen LogP contribution in [-0.2, 0) is 0 Å². The summed E-state index contributed by atoms with van der Waals surface area (Å²) < 4.78 is 29.4. The van der Waals surface area contributed by atoms with Crippen LogP contribution in [0.4, 0.5) is 8.78 Å². The number of nitrogens with two attached hydrogens (primary N) is 1. The highest BCUT2D eigenvalue weighted by Gasteiger charge is 2.23. The summed E-state index contributed by atoms with van der Waals surface area (Å²) in [5.41, 5.74) is 9.29. The predicted octanol–water partition coefficient (Wildman–Crippen LogP) is 3.88. The zero-order valence-corrected chi connectivity index (χ0v) is 17.9. The number of halogens is 2. The molecule has 0 bridgehead atoms. The summed E-state index contributed by atoms with van der Waals surface area (Å²) in [5.74, 6) is -1.79. The zero-order valence-electron chi connectivity index (χ0n) is 17.9. The molecule has 0 spiro atoms. The largest absolute Gasteiger partial charge is 0.330 e. The highest BCUT2D eigenvalue weighted by molar-refractivity contribution is 5.92. The maximum Gasteiger partial charge on any atom is 0.273 e. The molecule has 4 rings (SSSR count). The van der Waals surface area contributed by atoms with E-state index in [2.05, 4.69) is 25.3 Å². The first-order chi connectivity index (χ1) is 15.8. The van der Waals surface area contributed by atoms with Gasteiger partial charge in [-0.2, -0.15) is 0 Å². The number of benzene rings is 1. The minimum absolute atomic E-state index is 0.0338. The predicted molar refractivity (Wildman–Crippen MR) is 119 cm³/mol. The number of nitrogens with zero attached hydrogens (tertiary/aromatic N) is 4. The molecule has 1 unspecified atom stereocenters. The Hall–Kier alpha value is -4.11. The number of rotatable bonds is 5. The molecule has 0 radical (unpaired) electrons. The van der Waals surface area contributed by atoms with Gasteiger partial charge < -0.3 is 11.1 Å². The molecule has 3 N–H and O–H groups in total. The van der Waals surface area contributed by atoms with Crippen LogP contribution in [0.15, 0.2) is 61.2 Å². The molecular weight excluding hydrogens is 426 g/mol. The molecule has 1 aromatic carbocycles. The fraction of sp³-hybridized carbons (Fsp3) is 0.125. The Kier molecular flexibility index (Phi) is 6.14. The van der Waals surface area contributed by atoms with E-state index in [0.717, 1.165) is 11.4 Å². The summed E-state index contributed by atoms with van der Waals surface area (Å²) >= 11 is 0. The lowest BCUT2D eigenvalue weighted by molar-refractivity contribution is 0.0931. The molecule has 9 heteroatoms. The van der Waals surface area contributed by atoms with Gasteiger partial charge in [0.1, 0.15) is 23.4 Å². The van der Waals surface area contributed by atoms with Crippen LogP contribution in [-0.4, -0.2) is 25.8 Å². The van der Waals surface area contributed by atoms with Gasteiger partial charge in [0, 0.05) is 41.1 Å². The maximum absolute atomic E-state index is 15.9. The summed E-state index contributed by atoms with van der Waals surface area (Å²) in [5, 5.41) is 2.48. The number of nitrogens with one attached hydrogen (secondary N) is 1. The van der Waals surface area contributed by atoms with E-state index in [1.165, 1.54) is 49.1 Å². The summed E-state index contributed by atoms with van der Waals surface area (Å²) in [6.07, 6.45) is 4.29. The van der Waals surface area contributed by atoms with Crippen molar-refractivity contribution >= 4 is 5.91 Å². The first-order valence-electron chi connectivity index (χ1n) is 10.1. The second-order valence-electron chi connectivity index (χ2n) is 7.43. The summed E-state index contributed by atoms with van der Waals surface area (Å²) in [4.78, 5) is 28.7. The van der Waals surface area contributed by atoms with Crippen LogP contribution < -0.4 is 11.1 Å². The van der Waals surface area contributed by atoms with Crippen LogP contribution in [0.25, 0.3) is 22.3 Å². The molecule has 3 aromatic heterocycles. The molecule has 4 aromatic rings. The van der Waals surface area contributed by atoms with Gasteiger partial charge >= 0.3 is 0 Å². The average Bonchev–Trinajstić information content (AvgIpc) is 2.79. The van der Waals surface area contributed by atoms with Crippen molar-refractivity contribution < 1.29 is 13.6 Å². The number of amides is 1. The van der Waals surface area contributed by atoms with Crippen LogP contribution >= 0.6 is 0 Å². The van der Waals surface area contributed by atoms with Crippen molar-refractivity contribution in [3.8, 4) is 22.3 Å². The van der Waals surface area contributed by atoms with Crippen LogP contribution in [0.1, 0.15) is 33.7 Å². The molecule has 0 aliphatic carbocycles. The second-order valence-corrected chi connectivity index (χ2v) is 7.43. The van der Waals surface area contributed by atoms with E-state index in [1.807, 2.05) is 26.0 Å².